The lowest BCUT2D eigenvalue weighted by Gasteiger charge is -1.96. The molecular formula is C47H53Cl2FN4. The minimum atomic E-state index is -0.132. The van der Waals surface area contributed by atoms with Crippen LogP contribution in [0, 0.1) is 68.1 Å². The Morgan fingerprint density at radius 1 is 0.407 bits per heavy atom. The summed E-state index contributed by atoms with van der Waals surface area (Å²) in [6, 6.07) is 40.2. The number of pyridine rings is 4. The molecule has 7 aromatic rings. The zero-order valence-electron chi connectivity index (χ0n) is 32.9. The normalized spacial score (nSPS) is 9.11. The van der Waals surface area contributed by atoms with E-state index in [0.717, 1.165) is 32.7 Å². The van der Waals surface area contributed by atoms with E-state index in [9.17, 15) is 4.39 Å². The summed E-state index contributed by atoms with van der Waals surface area (Å²) in [5.74, 6) is -0.132. The van der Waals surface area contributed by atoms with Crippen LogP contribution in [-0.4, -0.2) is 19.9 Å². The van der Waals surface area contributed by atoms with Gasteiger partial charge < -0.3 is 0 Å². The zero-order chi connectivity index (χ0) is 40.1. The van der Waals surface area contributed by atoms with Crippen molar-refractivity contribution in [1.82, 2.24) is 19.9 Å². The zero-order valence-corrected chi connectivity index (χ0v) is 34.4. The Morgan fingerprint density at radius 3 is 1.15 bits per heavy atom. The van der Waals surface area contributed by atoms with Gasteiger partial charge in [-0.2, -0.15) is 0 Å². The average molecular weight is 764 g/mol. The Bertz CT molecular complexity index is 1720. The molecule has 4 heterocycles. The molecule has 7 rings (SSSR count). The molecule has 0 bridgehead atoms. The highest BCUT2D eigenvalue weighted by molar-refractivity contribution is 6.35. The lowest BCUT2D eigenvalue weighted by Crippen LogP contribution is -1.81. The average Bonchev–Trinajstić information content (AvgIpc) is 3.17. The van der Waals surface area contributed by atoms with Crippen LogP contribution in [0.15, 0.2) is 158 Å². The minimum Gasteiger partial charge on any atom is -0.264 e. The molecule has 0 amide bonds. The van der Waals surface area contributed by atoms with E-state index < -0.39 is 0 Å². The third-order valence-corrected chi connectivity index (χ3v) is 8.20. The van der Waals surface area contributed by atoms with Gasteiger partial charge in [0.05, 0.1) is 0 Å². The predicted octanol–water partition coefficient (Wildman–Crippen LogP) is 13.6. The molecule has 0 unspecified atom stereocenters. The van der Waals surface area contributed by atoms with Crippen molar-refractivity contribution in [2.45, 2.75) is 62.3 Å². The van der Waals surface area contributed by atoms with Gasteiger partial charge in [0.2, 0.25) is 0 Å². The number of hydrogen-bond acceptors (Lipinski definition) is 4. The summed E-state index contributed by atoms with van der Waals surface area (Å²) in [5.41, 5.74) is 10.0. The molecule has 4 nitrogen and oxygen atoms in total. The van der Waals surface area contributed by atoms with Gasteiger partial charge in [0.15, 0.2) is 0 Å². The first-order valence-corrected chi connectivity index (χ1v) is 18.2. The highest BCUT2D eigenvalue weighted by atomic mass is 35.5. The second-order valence-electron chi connectivity index (χ2n) is 12.1. The van der Waals surface area contributed by atoms with E-state index in [0.29, 0.717) is 5.56 Å². The molecule has 0 N–H and O–H groups in total. The topological polar surface area (TPSA) is 51.6 Å². The van der Waals surface area contributed by atoms with Crippen LogP contribution in [-0.2, 0) is 0 Å². The smallest absolute Gasteiger partial charge is 0.126 e. The largest absolute Gasteiger partial charge is 0.264 e. The molecule has 0 spiro atoms. The van der Waals surface area contributed by atoms with E-state index in [1.165, 1.54) is 28.3 Å². The van der Waals surface area contributed by atoms with Gasteiger partial charge in [-0.1, -0.05) is 108 Å². The van der Waals surface area contributed by atoms with Gasteiger partial charge in [0.25, 0.3) is 0 Å². The monoisotopic (exact) mass is 762 g/mol. The third-order valence-electron chi connectivity index (χ3n) is 7.38. The van der Waals surface area contributed by atoms with E-state index in [-0.39, 0.29) is 5.82 Å². The van der Waals surface area contributed by atoms with E-state index >= 15 is 0 Å². The van der Waals surface area contributed by atoms with Crippen LogP contribution >= 0.6 is 23.2 Å². The maximum Gasteiger partial charge on any atom is 0.126 e. The Labute approximate surface area is 333 Å². The molecule has 0 radical (unpaired) electrons. The van der Waals surface area contributed by atoms with Crippen molar-refractivity contribution in [2.24, 2.45) is 0 Å². The number of rotatable bonds is 0. The number of nitrogens with zero attached hydrogens (tertiary/aromatic N) is 4. The number of hydrogen-bond donors (Lipinski definition) is 0. The highest BCUT2D eigenvalue weighted by Gasteiger charge is 1.96. The summed E-state index contributed by atoms with van der Waals surface area (Å²) in [5, 5.41) is 1.45. The number of aromatic nitrogens is 4. The molecule has 282 valence electrons. The van der Waals surface area contributed by atoms with Crippen molar-refractivity contribution in [3.8, 4) is 0 Å². The molecule has 0 aliphatic carbocycles. The summed E-state index contributed by atoms with van der Waals surface area (Å²) in [6.45, 7) is 17.8. The number of aryl methyl sites for hydroxylation is 8. The summed E-state index contributed by atoms with van der Waals surface area (Å²) in [6.07, 6.45) is 9.01. The van der Waals surface area contributed by atoms with Crippen molar-refractivity contribution in [2.75, 3.05) is 0 Å². The fourth-order valence-corrected chi connectivity index (χ4v) is 4.09. The Balaban J connectivity index is 0.000000316. The molecule has 0 fully saturated rings. The van der Waals surface area contributed by atoms with E-state index in [4.69, 9.17) is 23.2 Å². The van der Waals surface area contributed by atoms with Gasteiger partial charge >= 0.3 is 0 Å². The van der Waals surface area contributed by atoms with Crippen LogP contribution < -0.4 is 0 Å². The van der Waals surface area contributed by atoms with Gasteiger partial charge in [0, 0.05) is 58.1 Å². The van der Waals surface area contributed by atoms with Crippen LogP contribution in [0.5, 0.6) is 0 Å². The Kier molecular flexibility index (Phi) is 24.5. The molecule has 3 aromatic carbocycles. The van der Waals surface area contributed by atoms with E-state index in [1.807, 2.05) is 138 Å². The molecule has 0 aliphatic heterocycles. The third kappa shape index (κ3) is 22.7. The first-order valence-electron chi connectivity index (χ1n) is 17.5. The van der Waals surface area contributed by atoms with Crippen LogP contribution in [0.4, 0.5) is 4.39 Å². The second-order valence-corrected chi connectivity index (χ2v) is 12.9. The van der Waals surface area contributed by atoms with E-state index in [2.05, 4.69) is 65.0 Å². The van der Waals surface area contributed by atoms with Crippen LogP contribution in [0.1, 0.15) is 50.5 Å². The minimum absolute atomic E-state index is 0.132. The van der Waals surface area contributed by atoms with Gasteiger partial charge in [-0.3, -0.25) is 19.9 Å². The fraction of sp³-hybridized carbons (Fsp3) is 0.191. The van der Waals surface area contributed by atoms with Gasteiger partial charge in [-0.25, -0.2) is 4.39 Å². The first-order chi connectivity index (χ1) is 25.8. The van der Waals surface area contributed by atoms with Gasteiger partial charge in [0.1, 0.15) is 5.82 Å². The van der Waals surface area contributed by atoms with Crippen LogP contribution in [0.3, 0.4) is 0 Å². The molecule has 0 saturated heterocycles. The maximum atomic E-state index is 12.3. The standard InChI is InChI=1S/C7H6Cl2.C7H7F.2C7H9N.C7H8.2C6H7N/c1-5-6(8)3-2-4-7(5)9;1-6-4-2-3-5-7(6)8;2*1-6-4-3-5-8-7(6)2;1-7-5-3-2-4-6-7;1-6-3-2-4-7-5-6;1-6-4-2-3-5-7-6/h2-4H,1H3;2-5H,1H3;2*3-5H,1-2H3;2-6H,1H3;2*2-5H,1H3. The van der Waals surface area contributed by atoms with Crippen molar-refractivity contribution in [1.29, 1.82) is 0 Å². The maximum absolute atomic E-state index is 12.3. The fourth-order valence-electron chi connectivity index (χ4n) is 3.69. The molecule has 4 aromatic heterocycles. The first kappa shape index (κ1) is 46.8. The number of benzene rings is 3. The van der Waals surface area contributed by atoms with Gasteiger partial charge in [-0.15, -0.1) is 0 Å². The second kappa shape index (κ2) is 28.3. The van der Waals surface area contributed by atoms with Crippen molar-refractivity contribution in [3.05, 3.63) is 225 Å². The van der Waals surface area contributed by atoms with Crippen LogP contribution in [0.2, 0.25) is 10.0 Å². The summed E-state index contributed by atoms with van der Waals surface area (Å²) in [7, 11) is 0. The van der Waals surface area contributed by atoms with Gasteiger partial charge in [-0.05, 0) is 139 Å². The Hall–Kier alpha value is -5.23. The Morgan fingerprint density at radius 2 is 0.870 bits per heavy atom. The van der Waals surface area contributed by atoms with Crippen molar-refractivity contribution >= 4 is 23.2 Å². The van der Waals surface area contributed by atoms with Crippen LogP contribution in [0.25, 0.3) is 0 Å². The molecule has 0 atom stereocenters. The van der Waals surface area contributed by atoms with E-state index in [1.54, 1.807) is 31.5 Å². The summed E-state index contributed by atoms with van der Waals surface area (Å²) < 4.78 is 12.3. The quantitative estimate of drug-likeness (QED) is 0.154. The SMILES string of the molecule is Cc1c(Cl)cccc1Cl.Cc1ccccc1.Cc1ccccc1F.Cc1ccccn1.Cc1cccnc1.Cc1cccnc1C.Cc1cccnc1C. The lowest BCUT2D eigenvalue weighted by molar-refractivity contribution is 0.618. The highest BCUT2D eigenvalue weighted by Crippen LogP contribution is 2.22. The molecule has 0 saturated carbocycles. The summed E-state index contributed by atoms with van der Waals surface area (Å²) in [4.78, 5) is 16.0. The molecular weight excluding hydrogens is 710 g/mol. The molecule has 0 aliphatic rings. The molecule has 7 heteroatoms. The van der Waals surface area contributed by atoms with Crippen molar-refractivity contribution < 1.29 is 4.39 Å². The summed E-state index contributed by atoms with van der Waals surface area (Å²) >= 11 is 11.5. The predicted molar refractivity (Wildman–Crippen MR) is 229 cm³/mol. The molecule has 54 heavy (non-hydrogen) atoms. The van der Waals surface area contributed by atoms with Crippen molar-refractivity contribution in [3.63, 3.8) is 0 Å². The lowest BCUT2D eigenvalue weighted by atomic mass is 10.2. The number of halogens is 3.